The van der Waals surface area contributed by atoms with Crippen molar-refractivity contribution >= 4 is 0 Å². The molecule has 2 unspecified atom stereocenters. The van der Waals surface area contributed by atoms with Crippen LogP contribution in [-0.4, -0.2) is 38.8 Å². The summed E-state index contributed by atoms with van der Waals surface area (Å²) in [4.78, 5) is 0. The lowest BCUT2D eigenvalue weighted by Gasteiger charge is -2.26. The lowest BCUT2D eigenvalue weighted by molar-refractivity contribution is -0.210. The predicted octanol–water partition coefficient (Wildman–Crippen LogP) is 0.113. The molecule has 0 aromatic rings. The number of hydrogen-bond donors (Lipinski definition) is 1. The van der Waals surface area contributed by atoms with Gasteiger partial charge in [-0.1, -0.05) is 0 Å². The Balaban J connectivity index is 1.98. The van der Waals surface area contributed by atoms with Crippen molar-refractivity contribution in [2.24, 2.45) is 11.7 Å². The van der Waals surface area contributed by atoms with E-state index in [0.717, 1.165) is 0 Å². The van der Waals surface area contributed by atoms with E-state index in [1.54, 1.807) is 7.11 Å². The second kappa shape index (κ2) is 3.53. The monoisotopic (exact) mass is 187 g/mol. The minimum Gasteiger partial charge on any atom is -0.379 e. The fraction of sp³-hybridized carbons (Fsp3) is 1.00. The molecule has 0 aromatic heterocycles. The molecule has 1 saturated heterocycles. The number of nitrogens with two attached hydrogens (primary N) is 1. The Morgan fingerprint density at radius 2 is 2.31 bits per heavy atom. The van der Waals surface area contributed by atoms with Gasteiger partial charge in [0.05, 0.1) is 12.7 Å². The molecule has 4 heteroatoms. The van der Waals surface area contributed by atoms with E-state index in [-0.39, 0.29) is 6.10 Å². The van der Waals surface area contributed by atoms with E-state index in [0.29, 0.717) is 25.7 Å². The highest BCUT2D eigenvalue weighted by molar-refractivity contribution is 4.93. The average Bonchev–Trinajstić information content (AvgIpc) is 2.91. The maximum absolute atomic E-state index is 5.79. The Morgan fingerprint density at radius 1 is 1.54 bits per heavy atom. The zero-order valence-electron chi connectivity index (χ0n) is 7.99. The molecule has 2 N–H and O–H groups in total. The summed E-state index contributed by atoms with van der Waals surface area (Å²) in [6.07, 6.45) is 2.41. The van der Waals surface area contributed by atoms with Crippen LogP contribution in [0.15, 0.2) is 0 Å². The highest BCUT2D eigenvalue weighted by Gasteiger charge is 2.52. The van der Waals surface area contributed by atoms with Crippen molar-refractivity contribution in [1.29, 1.82) is 0 Å². The Labute approximate surface area is 78.3 Å². The maximum Gasteiger partial charge on any atom is 0.195 e. The van der Waals surface area contributed by atoms with Gasteiger partial charge >= 0.3 is 0 Å². The fourth-order valence-electron chi connectivity index (χ4n) is 1.83. The van der Waals surface area contributed by atoms with E-state index in [1.807, 2.05) is 0 Å². The third-order valence-electron chi connectivity index (χ3n) is 2.69. The first-order chi connectivity index (χ1) is 6.30. The smallest absolute Gasteiger partial charge is 0.195 e. The number of ether oxygens (including phenoxy) is 3. The summed E-state index contributed by atoms with van der Waals surface area (Å²) < 4.78 is 16.6. The molecule has 76 valence electrons. The molecule has 0 radical (unpaired) electrons. The minimum absolute atomic E-state index is 0.0516. The van der Waals surface area contributed by atoms with E-state index in [1.165, 1.54) is 12.8 Å². The van der Waals surface area contributed by atoms with Crippen molar-refractivity contribution in [2.45, 2.75) is 24.7 Å². The summed E-state index contributed by atoms with van der Waals surface area (Å²) in [5.41, 5.74) is 5.53. The molecule has 1 saturated carbocycles. The molecule has 2 fully saturated rings. The van der Waals surface area contributed by atoms with Gasteiger partial charge in [0.2, 0.25) is 0 Å². The Hall–Kier alpha value is -0.160. The first-order valence-electron chi connectivity index (χ1n) is 4.81. The maximum atomic E-state index is 5.79. The molecular formula is C9H17NO3. The summed E-state index contributed by atoms with van der Waals surface area (Å²) in [6, 6.07) is 0. The van der Waals surface area contributed by atoms with Crippen LogP contribution in [0.2, 0.25) is 0 Å². The molecule has 0 spiro atoms. The van der Waals surface area contributed by atoms with Crippen molar-refractivity contribution in [3.05, 3.63) is 0 Å². The molecule has 1 aliphatic carbocycles. The lowest BCUT2D eigenvalue weighted by Crippen LogP contribution is -2.39. The van der Waals surface area contributed by atoms with Crippen LogP contribution in [-0.2, 0) is 14.2 Å². The van der Waals surface area contributed by atoms with Crippen LogP contribution in [0.4, 0.5) is 0 Å². The standard InChI is InChI=1S/C9H17NO3/c1-11-6-9(7-2-3-7)12-5-8(4-10)13-9/h7-8H,2-6,10H2,1H3. The number of hydrogen-bond acceptors (Lipinski definition) is 4. The van der Waals surface area contributed by atoms with Crippen molar-refractivity contribution < 1.29 is 14.2 Å². The topological polar surface area (TPSA) is 53.7 Å². The van der Waals surface area contributed by atoms with Gasteiger partial charge in [-0.05, 0) is 12.8 Å². The van der Waals surface area contributed by atoms with Gasteiger partial charge < -0.3 is 19.9 Å². The molecule has 0 amide bonds. The van der Waals surface area contributed by atoms with Crippen LogP contribution in [0, 0.1) is 5.92 Å². The van der Waals surface area contributed by atoms with E-state index in [4.69, 9.17) is 19.9 Å². The van der Waals surface area contributed by atoms with Gasteiger partial charge in [-0.15, -0.1) is 0 Å². The fourth-order valence-corrected chi connectivity index (χ4v) is 1.83. The zero-order valence-corrected chi connectivity index (χ0v) is 7.99. The Kier molecular flexibility index (Phi) is 2.55. The average molecular weight is 187 g/mol. The molecule has 4 nitrogen and oxygen atoms in total. The lowest BCUT2D eigenvalue weighted by atomic mass is 10.2. The van der Waals surface area contributed by atoms with E-state index >= 15 is 0 Å². The summed E-state index contributed by atoms with van der Waals surface area (Å²) in [7, 11) is 1.67. The van der Waals surface area contributed by atoms with Gasteiger partial charge in [-0.2, -0.15) is 0 Å². The molecule has 13 heavy (non-hydrogen) atoms. The van der Waals surface area contributed by atoms with Crippen LogP contribution in [0.1, 0.15) is 12.8 Å². The largest absolute Gasteiger partial charge is 0.379 e. The van der Waals surface area contributed by atoms with Gasteiger partial charge in [0.15, 0.2) is 5.79 Å². The van der Waals surface area contributed by atoms with Crippen LogP contribution in [0.25, 0.3) is 0 Å². The molecule has 1 aliphatic heterocycles. The van der Waals surface area contributed by atoms with Gasteiger partial charge in [0.1, 0.15) is 6.61 Å². The van der Waals surface area contributed by atoms with Crippen molar-refractivity contribution in [1.82, 2.24) is 0 Å². The predicted molar refractivity (Wildman–Crippen MR) is 47.2 cm³/mol. The van der Waals surface area contributed by atoms with Crippen LogP contribution < -0.4 is 5.73 Å². The van der Waals surface area contributed by atoms with E-state index in [2.05, 4.69) is 0 Å². The molecular weight excluding hydrogens is 170 g/mol. The molecule has 0 aromatic carbocycles. The summed E-state index contributed by atoms with van der Waals surface area (Å²) >= 11 is 0. The first-order valence-corrected chi connectivity index (χ1v) is 4.81. The molecule has 2 rings (SSSR count). The number of methoxy groups -OCH3 is 1. The highest BCUT2D eigenvalue weighted by atomic mass is 16.8. The SMILES string of the molecule is COCC1(C2CC2)OCC(CN)O1. The Morgan fingerprint density at radius 3 is 2.77 bits per heavy atom. The van der Waals surface area contributed by atoms with Gasteiger partial charge in [-0.3, -0.25) is 0 Å². The summed E-state index contributed by atoms with van der Waals surface area (Å²) in [6.45, 7) is 1.66. The van der Waals surface area contributed by atoms with Crippen LogP contribution in [0.3, 0.4) is 0 Å². The van der Waals surface area contributed by atoms with Gasteiger partial charge in [-0.25, -0.2) is 0 Å². The first kappa shape index (κ1) is 9.40. The molecule has 0 bridgehead atoms. The summed E-state index contributed by atoms with van der Waals surface area (Å²) in [5, 5.41) is 0. The van der Waals surface area contributed by atoms with Crippen molar-refractivity contribution in [3.8, 4) is 0 Å². The van der Waals surface area contributed by atoms with Crippen LogP contribution >= 0.6 is 0 Å². The molecule has 2 atom stereocenters. The molecule has 1 heterocycles. The minimum atomic E-state index is -0.473. The van der Waals surface area contributed by atoms with Gasteiger partial charge in [0, 0.05) is 19.6 Å². The van der Waals surface area contributed by atoms with Crippen molar-refractivity contribution in [3.63, 3.8) is 0 Å². The van der Waals surface area contributed by atoms with Gasteiger partial charge in [0.25, 0.3) is 0 Å². The van der Waals surface area contributed by atoms with Crippen LogP contribution in [0.5, 0.6) is 0 Å². The Bertz CT molecular complexity index is 184. The zero-order chi connectivity index (χ0) is 9.31. The second-order valence-corrected chi connectivity index (χ2v) is 3.81. The second-order valence-electron chi connectivity index (χ2n) is 3.81. The van der Waals surface area contributed by atoms with E-state index < -0.39 is 5.79 Å². The van der Waals surface area contributed by atoms with Crippen molar-refractivity contribution in [2.75, 3.05) is 26.9 Å². The molecule has 2 aliphatic rings. The quantitative estimate of drug-likeness (QED) is 0.679. The third kappa shape index (κ3) is 1.72. The highest BCUT2D eigenvalue weighted by Crippen LogP contribution is 2.45. The third-order valence-corrected chi connectivity index (χ3v) is 2.69. The normalized spacial score (nSPS) is 39.7. The summed E-state index contributed by atoms with van der Waals surface area (Å²) in [5.74, 6) is 0.0442. The van der Waals surface area contributed by atoms with E-state index in [9.17, 15) is 0 Å². The number of rotatable bonds is 4.